The van der Waals surface area contributed by atoms with E-state index in [2.05, 4.69) is 30.4 Å². The summed E-state index contributed by atoms with van der Waals surface area (Å²) in [5, 5.41) is 12.5. The van der Waals surface area contributed by atoms with Gasteiger partial charge in [0, 0.05) is 12.6 Å². The van der Waals surface area contributed by atoms with E-state index < -0.39 is 0 Å². The number of hydrogen-bond donors (Lipinski definition) is 2. The fourth-order valence-electron chi connectivity index (χ4n) is 2.58. The van der Waals surface area contributed by atoms with Crippen molar-refractivity contribution in [3.8, 4) is 5.75 Å². The van der Waals surface area contributed by atoms with E-state index in [0.717, 1.165) is 25.1 Å². The molecular weight excluding hydrogens is 238 g/mol. The Hall–Kier alpha value is -1.06. The standard InChI is InChI=1S/C16H25NO2/c1-2-9-17-15(8-10-18)12-19-16-7-6-13-4-3-5-14(13)11-16/h6-7,11,15,17-18H,2-5,8-10,12H2,1H3. The number of aryl methyl sites for hydroxylation is 2. The van der Waals surface area contributed by atoms with Crippen LogP contribution in [-0.4, -0.2) is 30.9 Å². The summed E-state index contributed by atoms with van der Waals surface area (Å²) in [6.07, 6.45) is 5.50. The summed E-state index contributed by atoms with van der Waals surface area (Å²) in [4.78, 5) is 0. The molecule has 1 unspecified atom stereocenters. The van der Waals surface area contributed by atoms with Crippen molar-refractivity contribution in [2.24, 2.45) is 0 Å². The van der Waals surface area contributed by atoms with Gasteiger partial charge in [-0.2, -0.15) is 0 Å². The lowest BCUT2D eigenvalue weighted by Crippen LogP contribution is -2.36. The van der Waals surface area contributed by atoms with E-state index >= 15 is 0 Å². The quantitative estimate of drug-likeness (QED) is 0.756. The first kappa shape index (κ1) is 14.4. The van der Waals surface area contributed by atoms with Gasteiger partial charge in [0.2, 0.25) is 0 Å². The lowest BCUT2D eigenvalue weighted by molar-refractivity contribution is 0.213. The van der Waals surface area contributed by atoms with Crippen molar-refractivity contribution in [2.45, 2.75) is 45.1 Å². The van der Waals surface area contributed by atoms with Crippen molar-refractivity contribution >= 4 is 0 Å². The molecule has 0 aliphatic heterocycles. The summed E-state index contributed by atoms with van der Waals surface area (Å²) < 4.78 is 5.87. The van der Waals surface area contributed by atoms with Gasteiger partial charge in [0.05, 0.1) is 0 Å². The Balaban J connectivity index is 1.85. The minimum Gasteiger partial charge on any atom is -0.492 e. The van der Waals surface area contributed by atoms with Crippen molar-refractivity contribution in [3.63, 3.8) is 0 Å². The third-order valence-corrected chi connectivity index (χ3v) is 3.68. The average molecular weight is 263 g/mol. The molecule has 0 amide bonds. The first-order chi connectivity index (χ1) is 9.33. The topological polar surface area (TPSA) is 41.5 Å². The fraction of sp³-hybridized carbons (Fsp3) is 0.625. The largest absolute Gasteiger partial charge is 0.492 e. The number of fused-ring (bicyclic) bond motifs is 1. The van der Waals surface area contributed by atoms with Gasteiger partial charge in [0.1, 0.15) is 12.4 Å². The molecule has 0 radical (unpaired) electrons. The van der Waals surface area contributed by atoms with Gasteiger partial charge in [-0.05, 0) is 61.9 Å². The van der Waals surface area contributed by atoms with Gasteiger partial charge in [-0.3, -0.25) is 0 Å². The molecule has 0 heterocycles. The molecule has 2 N–H and O–H groups in total. The van der Waals surface area contributed by atoms with Crippen LogP contribution in [0.25, 0.3) is 0 Å². The van der Waals surface area contributed by atoms with Crippen molar-refractivity contribution in [3.05, 3.63) is 29.3 Å². The van der Waals surface area contributed by atoms with E-state index in [9.17, 15) is 0 Å². The Morgan fingerprint density at radius 3 is 2.95 bits per heavy atom. The zero-order valence-electron chi connectivity index (χ0n) is 11.8. The van der Waals surface area contributed by atoms with Crippen LogP contribution in [0.3, 0.4) is 0 Å². The van der Waals surface area contributed by atoms with Crippen molar-refractivity contribution in [2.75, 3.05) is 19.8 Å². The summed E-state index contributed by atoms with van der Waals surface area (Å²) in [5.74, 6) is 0.960. The van der Waals surface area contributed by atoms with Gasteiger partial charge in [0.15, 0.2) is 0 Å². The lowest BCUT2D eigenvalue weighted by atomic mass is 10.1. The van der Waals surface area contributed by atoms with Gasteiger partial charge in [-0.15, -0.1) is 0 Å². The molecule has 1 atom stereocenters. The SMILES string of the molecule is CCCNC(CCO)COc1ccc2c(c1)CCC2. The fourth-order valence-corrected chi connectivity index (χ4v) is 2.58. The maximum absolute atomic E-state index is 9.06. The number of nitrogens with one attached hydrogen (secondary N) is 1. The molecule has 3 nitrogen and oxygen atoms in total. The Morgan fingerprint density at radius 2 is 2.16 bits per heavy atom. The van der Waals surface area contributed by atoms with Gasteiger partial charge >= 0.3 is 0 Å². The van der Waals surface area contributed by atoms with E-state index in [1.54, 1.807) is 0 Å². The first-order valence-corrected chi connectivity index (χ1v) is 7.42. The minimum atomic E-state index is 0.203. The molecule has 106 valence electrons. The molecule has 19 heavy (non-hydrogen) atoms. The summed E-state index contributed by atoms with van der Waals surface area (Å²) in [6, 6.07) is 6.68. The van der Waals surface area contributed by atoms with Gasteiger partial charge in [0.25, 0.3) is 0 Å². The average Bonchev–Trinajstić information content (AvgIpc) is 2.89. The molecule has 0 saturated heterocycles. The Morgan fingerprint density at radius 1 is 1.32 bits per heavy atom. The molecule has 0 spiro atoms. The third-order valence-electron chi connectivity index (χ3n) is 3.68. The molecular formula is C16H25NO2. The van der Waals surface area contributed by atoms with E-state index in [0.29, 0.717) is 6.61 Å². The van der Waals surface area contributed by atoms with Crippen LogP contribution in [0.5, 0.6) is 5.75 Å². The molecule has 0 bridgehead atoms. The second-order valence-electron chi connectivity index (χ2n) is 5.26. The maximum atomic E-state index is 9.06. The molecule has 0 fully saturated rings. The van der Waals surface area contributed by atoms with Crippen LogP contribution in [0.4, 0.5) is 0 Å². The van der Waals surface area contributed by atoms with Crippen molar-refractivity contribution in [1.29, 1.82) is 0 Å². The van der Waals surface area contributed by atoms with Crippen LogP contribution in [0.1, 0.15) is 37.3 Å². The highest BCUT2D eigenvalue weighted by Crippen LogP contribution is 2.26. The smallest absolute Gasteiger partial charge is 0.119 e. The Kier molecular flexibility index (Phi) is 5.67. The number of rotatable bonds is 8. The number of benzene rings is 1. The highest BCUT2D eigenvalue weighted by Gasteiger charge is 2.12. The predicted octanol–water partition coefficient (Wildman–Crippen LogP) is 2.30. The zero-order chi connectivity index (χ0) is 13.5. The summed E-state index contributed by atoms with van der Waals surface area (Å²) in [6.45, 7) is 3.94. The zero-order valence-corrected chi connectivity index (χ0v) is 11.8. The van der Waals surface area contributed by atoms with E-state index in [1.807, 2.05) is 0 Å². The van der Waals surface area contributed by atoms with Crippen molar-refractivity contribution < 1.29 is 9.84 Å². The Bertz CT molecular complexity index is 392. The molecule has 0 aromatic heterocycles. The summed E-state index contributed by atoms with van der Waals surface area (Å²) in [7, 11) is 0. The predicted molar refractivity (Wildman–Crippen MR) is 77.7 cm³/mol. The second-order valence-corrected chi connectivity index (χ2v) is 5.26. The summed E-state index contributed by atoms with van der Waals surface area (Å²) >= 11 is 0. The molecule has 1 aliphatic rings. The van der Waals surface area contributed by atoms with Crippen LogP contribution in [0, 0.1) is 0 Å². The van der Waals surface area contributed by atoms with E-state index in [1.165, 1.54) is 30.4 Å². The first-order valence-electron chi connectivity index (χ1n) is 7.42. The van der Waals surface area contributed by atoms with Gasteiger partial charge in [-0.25, -0.2) is 0 Å². The molecule has 2 rings (SSSR count). The number of hydrogen-bond acceptors (Lipinski definition) is 3. The van der Waals surface area contributed by atoms with Gasteiger partial charge in [-0.1, -0.05) is 13.0 Å². The lowest BCUT2D eigenvalue weighted by Gasteiger charge is -2.18. The molecule has 1 aromatic rings. The minimum absolute atomic E-state index is 0.203. The maximum Gasteiger partial charge on any atom is 0.119 e. The van der Waals surface area contributed by atoms with Crippen LogP contribution >= 0.6 is 0 Å². The van der Waals surface area contributed by atoms with Crippen LogP contribution < -0.4 is 10.1 Å². The normalized spacial score (nSPS) is 15.3. The third kappa shape index (κ3) is 4.22. The molecule has 3 heteroatoms. The molecule has 0 saturated carbocycles. The molecule has 1 aromatic carbocycles. The van der Waals surface area contributed by atoms with Crippen molar-refractivity contribution in [1.82, 2.24) is 5.32 Å². The van der Waals surface area contributed by atoms with E-state index in [4.69, 9.17) is 9.84 Å². The van der Waals surface area contributed by atoms with Crippen LogP contribution in [-0.2, 0) is 12.8 Å². The van der Waals surface area contributed by atoms with Gasteiger partial charge < -0.3 is 15.2 Å². The number of ether oxygens (including phenoxy) is 1. The second kappa shape index (κ2) is 7.51. The van der Waals surface area contributed by atoms with Crippen LogP contribution in [0.15, 0.2) is 18.2 Å². The van der Waals surface area contributed by atoms with E-state index in [-0.39, 0.29) is 12.6 Å². The Labute approximate surface area is 116 Å². The number of aliphatic hydroxyl groups excluding tert-OH is 1. The highest BCUT2D eigenvalue weighted by molar-refractivity contribution is 5.38. The monoisotopic (exact) mass is 263 g/mol. The molecule has 1 aliphatic carbocycles. The van der Waals surface area contributed by atoms with Crippen LogP contribution in [0.2, 0.25) is 0 Å². The summed E-state index contributed by atoms with van der Waals surface area (Å²) in [5.41, 5.74) is 2.92. The number of aliphatic hydroxyl groups is 1. The highest BCUT2D eigenvalue weighted by atomic mass is 16.5.